The third-order valence-corrected chi connectivity index (χ3v) is 4.42. The van der Waals surface area contributed by atoms with E-state index in [0.717, 1.165) is 0 Å². The van der Waals surface area contributed by atoms with E-state index in [1.165, 1.54) is 29.5 Å². The molecule has 21 heavy (non-hydrogen) atoms. The lowest BCUT2D eigenvalue weighted by atomic mass is 10.1. The summed E-state index contributed by atoms with van der Waals surface area (Å²) >= 11 is 7.00. The fourth-order valence-corrected chi connectivity index (χ4v) is 2.85. The molecule has 0 atom stereocenters. The molecule has 6 nitrogen and oxygen atoms in total. The van der Waals surface area contributed by atoms with Crippen molar-refractivity contribution < 1.29 is 9.72 Å². The minimum atomic E-state index is -0.607. The monoisotopic (exact) mass is 325 g/mol. The molecule has 0 fully saturated rings. The van der Waals surface area contributed by atoms with Crippen molar-refractivity contribution in [3.63, 3.8) is 0 Å². The summed E-state index contributed by atoms with van der Waals surface area (Å²) in [5, 5.41) is 11.6. The van der Waals surface area contributed by atoms with Crippen LogP contribution in [0.4, 0.5) is 10.8 Å². The lowest BCUT2D eigenvalue weighted by Gasteiger charge is -2.05. The normalized spacial score (nSPS) is 10.5. The Morgan fingerprint density at radius 3 is 2.62 bits per heavy atom. The molecule has 0 saturated heterocycles. The van der Waals surface area contributed by atoms with E-state index < -0.39 is 4.92 Å². The zero-order valence-corrected chi connectivity index (χ0v) is 13.2. The number of anilines is 1. The molecular weight excluding hydrogens is 314 g/mol. The summed E-state index contributed by atoms with van der Waals surface area (Å²) in [7, 11) is 3.67. The molecule has 1 aromatic carbocycles. The Morgan fingerprint density at radius 1 is 1.43 bits per heavy atom. The molecule has 1 aromatic heterocycles. The molecule has 0 spiro atoms. The van der Waals surface area contributed by atoms with Crippen molar-refractivity contribution in [2.24, 2.45) is 0 Å². The molecule has 0 saturated carbocycles. The Bertz CT molecular complexity index is 727. The van der Waals surface area contributed by atoms with Crippen LogP contribution < -0.4 is 4.90 Å². The number of carbonyl (C=O) groups is 1. The summed E-state index contributed by atoms with van der Waals surface area (Å²) in [6.45, 7) is 1.74. The van der Waals surface area contributed by atoms with E-state index in [2.05, 4.69) is 4.98 Å². The van der Waals surface area contributed by atoms with Gasteiger partial charge in [0.2, 0.25) is 5.78 Å². The molecule has 0 unspecified atom stereocenters. The molecule has 2 rings (SSSR count). The van der Waals surface area contributed by atoms with Gasteiger partial charge < -0.3 is 4.90 Å². The van der Waals surface area contributed by atoms with Crippen LogP contribution in [0.5, 0.6) is 0 Å². The van der Waals surface area contributed by atoms with Gasteiger partial charge in [-0.05, 0) is 19.1 Å². The van der Waals surface area contributed by atoms with Gasteiger partial charge in [-0.2, -0.15) is 0 Å². The van der Waals surface area contributed by atoms with Crippen molar-refractivity contribution in [2.75, 3.05) is 19.0 Å². The number of aryl methyl sites for hydroxylation is 1. The van der Waals surface area contributed by atoms with Crippen LogP contribution in [0.3, 0.4) is 0 Å². The molecule has 0 N–H and O–H groups in total. The van der Waals surface area contributed by atoms with Gasteiger partial charge in [0.15, 0.2) is 5.13 Å². The highest BCUT2D eigenvalue weighted by Gasteiger charge is 2.21. The molecule has 0 amide bonds. The Balaban J connectivity index is 2.45. The quantitative estimate of drug-likeness (QED) is 0.489. The molecule has 0 aliphatic heterocycles. The van der Waals surface area contributed by atoms with Gasteiger partial charge in [-0.25, -0.2) is 4.98 Å². The van der Waals surface area contributed by atoms with Gasteiger partial charge >= 0.3 is 0 Å². The average Bonchev–Trinajstić information content (AvgIpc) is 2.80. The molecule has 0 aliphatic carbocycles. The van der Waals surface area contributed by atoms with Gasteiger partial charge in [0.1, 0.15) is 5.02 Å². The van der Waals surface area contributed by atoms with Crippen LogP contribution in [-0.4, -0.2) is 29.8 Å². The second kappa shape index (κ2) is 5.79. The highest BCUT2D eigenvalue weighted by molar-refractivity contribution is 7.17. The number of thiazole rings is 1. The van der Waals surface area contributed by atoms with Gasteiger partial charge in [-0.1, -0.05) is 22.9 Å². The molecule has 0 aliphatic rings. The van der Waals surface area contributed by atoms with Gasteiger partial charge in [0, 0.05) is 25.7 Å². The zero-order valence-electron chi connectivity index (χ0n) is 11.6. The predicted octanol–water partition coefficient (Wildman–Crippen LogP) is 3.31. The molecule has 0 bridgehead atoms. The zero-order chi connectivity index (χ0) is 15.7. The summed E-state index contributed by atoms with van der Waals surface area (Å²) in [4.78, 5) is 29.3. The van der Waals surface area contributed by atoms with Crippen LogP contribution in [0.2, 0.25) is 5.02 Å². The topological polar surface area (TPSA) is 76.3 Å². The molecule has 0 radical (unpaired) electrons. The lowest BCUT2D eigenvalue weighted by Crippen LogP contribution is -2.07. The minimum absolute atomic E-state index is 0.00607. The second-order valence-corrected chi connectivity index (χ2v) is 5.94. The smallest absolute Gasteiger partial charge is 0.288 e. The lowest BCUT2D eigenvalue weighted by molar-refractivity contribution is -0.384. The van der Waals surface area contributed by atoms with E-state index in [4.69, 9.17) is 11.6 Å². The second-order valence-electron chi connectivity index (χ2n) is 4.56. The maximum atomic E-state index is 12.5. The Hall–Kier alpha value is -1.99. The standard InChI is InChI=1S/C13H12ClN3O3S/c1-7-12(21-13(15-7)16(2)3)11(18)8-4-5-9(14)10(6-8)17(19)20/h4-6H,1-3H3. The fourth-order valence-electron chi connectivity index (χ4n) is 1.71. The first-order valence-corrected chi connectivity index (χ1v) is 7.14. The van der Waals surface area contributed by atoms with Crippen LogP contribution in [-0.2, 0) is 0 Å². The van der Waals surface area contributed by atoms with Gasteiger partial charge in [0.05, 0.1) is 15.5 Å². The Labute approximate surface area is 130 Å². The van der Waals surface area contributed by atoms with E-state index in [-0.39, 0.29) is 22.1 Å². The van der Waals surface area contributed by atoms with Gasteiger partial charge in [-0.3, -0.25) is 14.9 Å². The first-order chi connectivity index (χ1) is 9.81. The number of hydrogen-bond donors (Lipinski definition) is 0. The van der Waals surface area contributed by atoms with E-state index in [1.54, 1.807) is 11.8 Å². The van der Waals surface area contributed by atoms with Crippen molar-refractivity contribution in [3.8, 4) is 0 Å². The maximum Gasteiger partial charge on any atom is 0.288 e. The number of nitro groups is 1. The first kappa shape index (κ1) is 15.4. The Morgan fingerprint density at radius 2 is 2.10 bits per heavy atom. The number of rotatable bonds is 4. The fraction of sp³-hybridized carbons (Fsp3) is 0.231. The number of ketones is 1. The van der Waals surface area contributed by atoms with Crippen molar-refractivity contribution in [1.82, 2.24) is 4.98 Å². The number of carbonyl (C=O) groups excluding carboxylic acids is 1. The maximum absolute atomic E-state index is 12.5. The molecular formula is C13H12ClN3O3S. The third-order valence-electron chi connectivity index (χ3n) is 2.78. The van der Waals surface area contributed by atoms with Crippen molar-refractivity contribution in [3.05, 3.63) is 49.5 Å². The van der Waals surface area contributed by atoms with E-state index in [1.807, 2.05) is 14.1 Å². The van der Waals surface area contributed by atoms with E-state index in [9.17, 15) is 14.9 Å². The van der Waals surface area contributed by atoms with Gasteiger partial charge in [0.25, 0.3) is 5.69 Å². The highest BCUT2D eigenvalue weighted by Crippen LogP contribution is 2.30. The first-order valence-electron chi connectivity index (χ1n) is 5.94. The van der Waals surface area contributed by atoms with E-state index >= 15 is 0 Å². The number of nitro benzene ring substituents is 1. The predicted molar refractivity (Wildman–Crippen MR) is 82.7 cm³/mol. The molecule has 110 valence electrons. The van der Waals surface area contributed by atoms with Crippen LogP contribution in [0.25, 0.3) is 0 Å². The molecule has 2 aromatic rings. The number of benzene rings is 1. The number of nitrogens with zero attached hydrogens (tertiary/aromatic N) is 3. The van der Waals surface area contributed by atoms with Crippen LogP contribution >= 0.6 is 22.9 Å². The number of hydrogen-bond acceptors (Lipinski definition) is 6. The van der Waals surface area contributed by atoms with Crippen molar-refractivity contribution >= 4 is 39.5 Å². The summed E-state index contributed by atoms with van der Waals surface area (Å²) in [5.74, 6) is -0.294. The average molecular weight is 326 g/mol. The molecule has 1 heterocycles. The van der Waals surface area contributed by atoms with Crippen LogP contribution in [0, 0.1) is 17.0 Å². The van der Waals surface area contributed by atoms with Crippen molar-refractivity contribution in [1.29, 1.82) is 0 Å². The van der Waals surface area contributed by atoms with Crippen LogP contribution in [0.1, 0.15) is 20.9 Å². The highest BCUT2D eigenvalue weighted by atomic mass is 35.5. The number of halogens is 1. The van der Waals surface area contributed by atoms with Crippen molar-refractivity contribution in [2.45, 2.75) is 6.92 Å². The summed E-state index contributed by atoms with van der Waals surface area (Å²) < 4.78 is 0. The van der Waals surface area contributed by atoms with Gasteiger partial charge in [-0.15, -0.1) is 0 Å². The summed E-state index contributed by atoms with van der Waals surface area (Å²) in [5.41, 5.74) is 0.548. The summed E-state index contributed by atoms with van der Waals surface area (Å²) in [6.07, 6.45) is 0. The minimum Gasteiger partial charge on any atom is -0.354 e. The van der Waals surface area contributed by atoms with E-state index in [0.29, 0.717) is 15.7 Å². The van der Waals surface area contributed by atoms with Crippen LogP contribution in [0.15, 0.2) is 18.2 Å². The molecule has 8 heteroatoms. The number of aromatic nitrogens is 1. The Kier molecular flexibility index (Phi) is 4.24. The SMILES string of the molecule is Cc1nc(N(C)C)sc1C(=O)c1ccc(Cl)c([N+](=O)[O-])c1. The largest absolute Gasteiger partial charge is 0.354 e. The summed E-state index contributed by atoms with van der Waals surface area (Å²) in [6, 6.07) is 4.03. The third kappa shape index (κ3) is 3.03.